The second-order valence-corrected chi connectivity index (χ2v) is 26.9. The van der Waals surface area contributed by atoms with Gasteiger partial charge < -0.3 is 17.4 Å². The van der Waals surface area contributed by atoms with E-state index in [1.165, 1.54) is 88.4 Å². The molecule has 276 valence electrons. The lowest BCUT2D eigenvalue weighted by Gasteiger charge is -2.26. The van der Waals surface area contributed by atoms with Crippen LogP contribution in [0.4, 0.5) is 0 Å². The molecule has 0 aromatic heterocycles. The van der Waals surface area contributed by atoms with Gasteiger partial charge in [-0.15, -0.1) is 0 Å². The van der Waals surface area contributed by atoms with Gasteiger partial charge in [-0.1, -0.05) is 144 Å². The summed E-state index contributed by atoms with van der Waals surface area (Å²) in [6.07, 6.45) is 19.3. The van der Waals surface area contributed by atoms with Crippen molar-refractivity contribution in [2.24, 2.45) is 23.7 Å². The highest BCUT2D eigenvalue weighted by atomic mass is 33.4. The molecule has 1 fully saturated rings. The van der Waals surface area contributed by atoms with Crippen molar-refractivity contribution in [2.75, 3.05) is 38.7 Å². The van der Waals surface area contributed by atoms with E-state index in [0.29, 0.717) is 25.6 Å². The van der Waals surface area contributed by atoms with Crippen LogP contribution in [0.5, 0.6) is 0 Å². The van der Waals surface area contributed by atoms with E-state index in [4.69, 9.17) is 17.4 Å². The Hall–Kier alpha value is 1.51. The molecule has 0 aromatic carbocycles. The molecule has 1 saturated heterocycles. The van der Waals surface area contributed by atoms with Crippen LogP contribution in [0, 0.1) is 23.7 Å². The van der Waals surface area contributed by atoms with Crippen LogP contribution in [-0.4, -0.2) is 49.4 Å². The summed E-state index contributed by atoms with van der Waals surface area (Å²) < 4.78 is 38.2. The molecule has 0 radical (unpaired) electrons. The van der Waals surface area contributed by atoms with Crippen molar-refractivity contribution in [1.29, 1.82) is 0 Å². The molecule has 1 aliphatic rings. The minimum atomic E-state index is -2.86. The van der Waals surface area contributed by atoms with Crippen molar-refractivity contribution in [3.63, 3.8) is 0 Å². The fourth-order valence-corrected chi connectivity index (χ4v) is 14.4. The Kier molecular flexibility index (Phi) is 28.8. The lowest BCUT2D eigenvalue weighted by molar-refractivity contribution is 0.259. The Balaban J connectivity index is 2.60. The second kappa shape index (κ2) is 29.1. The Labute approximate surface area is 299 Å². The number of nitrogens with zero attached hydrogens (tertiary/aromatic N) is 1. The topological polar surface area (TPSA) is 57.2 Å². The molecule has 0 aromatic rings. The minimum Gasteiger partial charge on any atom is -0.319 e. The van der Waals surface area contributed by atoms with Gasteiger partial charge in [0.25, 0.3) is 13.3 Å². The summed E-state index contributed by atoms with van der Waals surface area (Å²) in [7, 11) is -1.06. The first kappa shape index (κ1) is 45.5. The number of unbranched alkanes of at least 4 members (excludes halogenated alkanes) is 8. The quantitative estimate of drug-likeness (QED) is 0.0380. The predicted molar refractivity (Wildman–Crippen MR) is 210 cm³/mol. The highest BCUT2D eigenvalue weighted by molar-refractivity contribution is 9.13. The van der Waals surface area contributed by atoms with E-state index in [1.54, 1.807) is 0 Å². The summed E-state index contributed by atoms with van der Waals surface area (Å²) in [5, 5.41) is 0. The van der Waals surface area contributed by atoms with Crippen molar-refractivity contribution < 1.29 is 22.0 Å². The molecule has 1 aliphatic heterocycles. The zero-order chi connectivity index (χ0) is 34.0. The van der Waals surface area contributed by atoms with Crippen LogP contribution in [0.25, 0.3) is 0 Å². The fourth-order valence-electron chi connectivity index (χ4n) is 5.10. The lowest BCUT2D eigenvalue weighted by Crippen LogP contribution is -2.21. The van der Waals surface area contributed by atoms with Gasteiger partial charge in [0.05, 0.1) is 49.2 Å². The average molecular weight is 746 g/mol. The van der Waals surface area contributed by atoms with E-state index in [0.717, 1.165) is 85.8 Å². The molecule has 2 unspecified atom stereocenters. The second-order valence-electron chi connectivity index (χ2n) is 14.7. The summed E-state index contributed by atoms with van der Waals surface area (Å²) in [4.78, 5) is 0. The normalized spacial score (nSPS) is 17.6. The zero-order valence-corrected chi connectivity index (χ0v) is 35.3. The largest absolute Gasteiger partial charge is 0.319 e. The third kappa shape index (κ3) is 26.3. The Morgan fingerprint density at radius 2 is 1.07 bits per heavy atom. The zero-order valence-electron chi connectivity index (χ0n) is 31.1. The molecule has 2 atom stereocenters. The SMILES string of the molecule is CC(C)CCCCCOSP(=O)(SCC1COP(N(CCCCCC(C)C)CCCCCC(C)C)O1)SOCCCCCC(C)C. The number of rotatable bonds is 32. The van der Waals surface area contributed by atoms with Gasteiger partial charge in [0, 0.05) is 18.8 Å². The average Bonchev–Trinajstić information content (AvgIpc) is 3.46. The molecule has 46 heavy (non-hydrogen) atoms. The monoisotopic (exact) mass is 745 g/mol. The van der Waals surface area contributed by atoms with E-state index in [-0.39, 0.29) is 6.10 Å². The summed E-state index contributed by atoms with van der Waals surface area (Å²) in [5.41, 5.74) is 0. The van der Waals surface area contributed by atoms with Crippen LogP contribution in [0.2, 0.25) is 0 Å². The van der Waals surface area contributed by atoms with E-state index >= 15 is 0 Å². The molecule has 11 heteroatoms. The summed E-state index contributed by atoms with van der Waals surface area (Å²) in [6.45, 7) is 22.2. The molecule has 0 amide bonds. The van der Waals surface area contributed by atoms with Gasteiger partial charge in [0.15, 0.2) is 0 Å². The van der Waals surface area contributed by atoms with Gasteiger partial charge >= 0.3 is 0 Å². The van der Waals surface area contributed by atoms with Crippen LogP contribution in [-0.2, 0) is 22.0 Å². The highest BCUT2D eigenvalue weighted by Gasteiger charge is 2.36. The maximum Gasteiger partial charge on any atom is 0.295 e. The van der Waals surface area contributed by atoms with Gasteiger partial charge in [-0.25, -0.2) is 4.67 Å². The van der Waals surface area contributed by atoms with Crippen LogP contribution in [0.15, 0.2) is 0 Å². The number of hydrogen-bond acceptors (Lipinski definition) is 9. The van der Waals surface area contributed by atoms with E-state index < -0.39 is 13.3 Å². The molecule has 0 spiro atoms. The maximum absolute atomic E-state index is 14.0. The molecular weight excluding hydrogens is 673 g/mol. The summed E-state index contributed by atoms with van der Waals surface area (Å²) >= 11 is 3.73. The summed E-state index contributed by atoms with van der Waals surface area (Å²) in [5.74, 6) is 3.65. The molecule has 0 bridgehead atoms. The first-order valence-corrected chi connectivity index (χ1v) is 25.8. The van der Waals surface area contributed by atoms with Gasteiger partial charge in [0.2, 0.25) is 0 Å². The molecule has 0 saturated carbocycles. The molecule has 0 N–H and O–H groups in total. The summed E-state index contributed by atoms with van der Waals surface area (Å²) in [6, 6.07) is 0. The van der Waals surface area contributed by atoms with E-state index in [9.17, 15) is 4.57 Å². The Morgan fingerprint density at radius 1 is 0.652 bits per heavy atom. The van der Waals surface area contributed by atoms with Gasteiger partial charge in [-0.2, -0.15) is 0 Å². The molecule has 6 nitrogen and oxygen atoms in total. The van der Waals surface area contributed by atoms with Crippen LogP contribution in [0.1, 0.15) is 158 Å². The van der Waals surface area contributed by atoms with Crippen molar-refractivity contribution in [2.45, 2.75) is 164 Å². The van der Waals surface area contributed by atoms with Crippen molar-refractivity contribution in [1.82, 2.24) is 4.67 Å². The Bertz CT molecular complexity index is 707. The van der Waals surface area contributed by atoms with Crippen molar-refractivity contribution in [3.8, 4) is 0 Å². The fraction of sp³-hybridized carbons (Fsp3) is 1.00. The first-order chi connectivity index (χ1) is 22.0. The third-order valence-corrected chi connectivity index (χ3v) is 18.6. The molecular formula is C35H73NO5P2S3. The first-order valence-electron chi connectivity index (χ1n) is 18.7. The molecule has 1 rings (SSSR count). The van der Waals surface area contributed by atoms with E-state index in [1.807, 2.05) is 0 Å². The van der Waals surface area contributed by atoms with Crippen LogP contribution < -0.4 is 0 Å². The van der Waals surface area contributed by atoms with Crippen molar-refractivity contribution in [3.05, 3.63) is 0 Å². The van der Waals surface area contributed by atoms with Gasteiger partial charge in [-0.05, 0) is 49.4 Å². The number of hydrogen-bond donors (Lipinski definition) is 0. The molecule has 0 aliphatic carbocycles. The van der Waals surface area contributed by atoms with Crippen LogP contribution >= 0.6 is 48.0 Å². The van der Waals surface area contributed by atoms with Gasteiger partial charge in [-0.3, -0.25) is 4.57 Å². The standard InChI is InChI=1S/C35H73NO5P2S3/c1-31(2)21-13-9-17-25-36(26-18-10-14-22-32(3)4)42-38-29-35(41-42)30-44-43(37,45-39-27-19-11-15-23-33(5)6)46-40-28-20-12-16-24-34(7)8/h31-35H,9-30H2,1-8H3. The highest BCUT2D eigenvalue weighted by Crippen LogP contribution is 2.78. The van der Waals surface area contributed by atoms with Crippen LogP contribution in [0.3, 0.4) is 0 Å². The smallest absolute Gasteiger partial charge is 0.295 e. The minimum absolute atomic E-state index is 0.0536. The van der Waals surface area contributed by atoms with E-state index in [2.05, 4.69) is 60.1 Å². The lowest BCUT2D eigenvalue weighted by atomic mass is 10.1. The predicted octanol–water partition coefficient (Wildman–Crippen LogP) is 14.0. The van der Waals surface area contributed by atoms with Crippen molar-refractivity contribution >= 4 is 48.0 Å². The van der Waals surface area contributed by atoms with Gasteiger partial charge in [0.1, 0.15) is 0 Å². The third-order valence-electron chi connectivity index (χ3n) is 7.96. The Morgan fingerprint density at radius 3 is 1.48 bits per heavy atom. The molecule has 1 heterocycles. The maximum atomic E-state index is 14.0.